The quantitative estimate of drug-likeness (QED) is 0.894. The van der Waals surface area contributed by atoms with Crippen LogP contribution in [0.2, 0.25) is 0 Å². The van der Waals surface area contributed by atoms with Crippen LogP contribution >= 0.6 is 0 Å². The van der Waals surface area contributed by atoms with Crippen molar-refractivity contribution in [1.29, 1.82) is 0 Å². The Kier molecular flexibility index (Phi) is 3.33. The first-order chi connectivity index (χ1) is 9.12. The number of H-pyrrole nitrogens is 1. The molecule has 0 spiro atoms. The van der Waals surface area contributed by atoms with E-state index in [2.05, 4.69) is 34.6 Å². The highest BCUT2D eigenvalue weighted by molar-refractivity contribution is 7.91. The van der Waals surface area contributed by atoms with Crippen molar-refractivity contribution in [2.45, 2.75) is 13.0 Å². The van der Waals surface area contributed by atoms with Gasteiger partial charge in [0.2, 0.25) is 0 Å². The topological polar surface area (TPSA) is 62.0 Å². The second-order valence-corrected chi connectivity index (χ2v) is 7.53. The third-order valence-electron chi connectivity index (χ3n) is 3.71. The van der Waals surface area contributed by atoms with Gasteiger partial charge in [0.25, 0.3) is 0 Å². The summed E-state index contributed by atoms with van der Waals surface area (Å²) in [5.74, 6) is 0.979. The molecule has 2 N–H and O–H groups in total. The van der Waals surface area contributed by atoms with E-state index in [1.807, 2.05) is 6.20 Å². The molecule has 1 fully saturated rings. The number of hydrogen-bond donors (Lipinski definition) is 2. The van der Waals surface area contributed by atoms with Crippen LogP contribution < -0.4 is 5.32 Å². The Morgan fingerprint density at radius 1 is 1.32 bits per heavy atom. The van der Waals surface area contributed by atoms with E-state index in [0.29, 0.717) is 11.5 Å². The molecule has 0 bridgehead atoms. The molecule has 1 atom stereocenters. The number of aromatic nitrogens is 1. The molecular formula is C14H18N2O2S. The predicted octanol–water partition coefficient (Wildman–Crippen LogP) is 1.69. The van der Waals surface area contributed by atoms with Gasteiger partial charge in [-0.15, -0.1) is 0 Å². The third kappa shape index (κ3) is 2.98. The lowest BCUT2D eigenvalue weighted by Crippen LogP contribution is -2.23. The second kappa shape index (κ2) is 4.98. The van der Waals surface area contributed by atoms with Crippen LogP contribution in [0.5, 0.6) is 0 Å². The van der Waals surface area contributed by atoms with E-state index >= 15 is 0 Å². The SMILES string of the molecule is O=S1(=O)CCC(CNCc2ccc3[nH]ccc3c2)C1. The van der Waals surface area contributed by atoms with Gasteiger partial charge in [0, 0.05) is 18.3 Å². The average Bonchev–Trinajstić information content (AvgIpc) is 2.95. The van der Waals surface area contributed by atoms with Crippen LogP contribution in [-0.4, -0.2) is 31.5 Å². The molecule has 1 unspecified atom stereocenters. The van der Waals surface area contributed by atoms with Crippen molar-refractivity contribution in [3.8, 4) is 0 Å². The molecule has 0 amide bonds. The molecule has 1 aromatic carbocycles. The standard InChI is InChI=1S/C14H18N2O2S/c17-19(18)6-4-12(10-19)9-15-8-11-1-2-14-13(7-11)3-5-16-14/h1-3,5,7,12,15-16H,4,6,8-10H2. The number of rotatable bonds is 4. The first-order valence-corrected chi connectivity index (χ1v) is 8.42. The molecule has 0 aliphatic carbocycles. The van der Waals surface area contributed by atoms with Crippen molar-refractivity contribution in [2.75, 3.05) is 18.1 Å². The minimum atomic E-state index is -2.76. The Morgan fingerprint density at radius 3 is 3.00 bits per heavy atom. The van der Waals surface area contributed by atoms with Gasteiger partial charge in [-0.3, -0.25) is 0 Å². The van der Waals surface area contributed by atoms with Gasteiger partial charge in [0.05, 0.1) is 11.5 Å². The molecule has 1 aliphatic heterocycles. The molecule has 2 heterocycles. The minimum Gasteiger partial charge on any atom is -0.361 e. The summed E-state index contributed by atoms with van der Waals surface area (Å²) < 4.78 is 22.7. The van der Waals surface area contributed by atoms with Crippen molar-refractivity contribution in [1.82, 2.24) is 10.3 Å². The highest BCUT2D eigenvalue weighted by atomic mass is 32.2. The first kappa shape index (κ1) is 12.7. The maximum Gasteiger partial charge on any atom is 0.150 e. The Hall–Kier alpha value is -1.33. The maximum atomic E-state index is 11.4. The van der Waals surface area contributed by atoms with Crippen LogP contribution in [0, 0.1) is 5.92 Å². The van der Waals surface area contributed by atoms with Gasteiger partial charge < -0.3 is 10.3 Å². The van der Waals surface area contributed by atoms with E-state index in [0.717, 1.165) is 25.0 Å². The lowest BCUT2D eigenvalue weighted by molar-refractivity contribution is 0.521. The number of sulfone groups is 1. The van der Waals surface area contributed by atoms with E-state index in [4.69, 9.17) is 0 Å². The van der Waals surface area contributed by atoms with Crippen molar-refractivity contribution in [3.05, 3.63) is 36.0 Å². The summed E-state index contributed by atoms with van der Waals surface area (Å²) in [4.78, 5) is 3.17. The van der Waals surface area contributed by atoms with Crippen LogP contribution in [0.3, 0.4) is 0 Å². The van der Waals surface area contributed by atoms with Crippen LogP contribution in [0.1, 0.15) is 12.0 Å². The summed E-state index contributed by atoms with van der Waals surface area (Å²) in [6.07, 6.45) is 2.73. The normalized spacial score (nSPS) is 22.0. The fourth-order valence-corrected chi connectivity index (χ4v) is 4.53. The summed E-state index contributed by atoms with van der Waals surface area (Å²) in [6.45, 7) is 1.57. The fraction of sp³-hybridized carbons (Fsp3) is 0.429. The number of aromatic amines is 1. The lowest BCUT2D eigenvalue weighted by Gasteiger charge is -2.09. The van der Waals surface area contributed by atoms with Gasteiger partial charge in [-0.2, -0.15) is 0 Å². The molecule has 3 rings (SSSR count). The number of hydrogen-bond acceptors (Lipinski definition) is 3. The average molecular weight is 278 g/mol. The molecule has 1 aromatic heterocycles. The van der Waals surface area contributed by atoms with Gasteiger partial charge in [-0.05, 0) is 48.0 Å². The van der Waals surface area contributed by atoms with E-state index in [9.17, 15) is 8.42 Å². The zero-order valence-corrected chi connectivity index (χ0v) is 11.5. The maximum absolute atomic E-state index is 11.4. The van der Waals surface area contributed by atoms with Crippen molar-refractivity contribution in [2.24, 2.45) is 5.92 Å². The van der Waals surface area contributed by atoms with E-state index < -0.39 is 9.84 Å². The minimum absolute atomic E-state index is 0.279. The van der Waals surface area contributed by atoms with Gasteiger partial charge in [0.1, 0.15) is 0 Å². The van der Waals surface area contributed by atoms with Crippen molar-refractivity contribution >= 4 is 20.7 Å². The first-order valence-electron chi connectivity index (χ1n) is 6.59. The molecule has 4 nitrogen and oxygen atoms in total. The summed E-state index contributed by atoms with van der Waals surface area (Å²) in [5, 5.41) is 4.57. The van der Waals surface area contributed by atoms with Gasteiger partial charge in [0.15, 0.2) is 9.84 Å². The molecule has 5 heteroatoms. The molecule has 19 heavy (non-hydrogen) atoms. The molecule has 0 saturated carbocycles. The fourth-order valence-electron chi connectivity index (χ4n) is 2.67. The monoisotopic (exact) mass is 278 g/mol. The molecular weight excluding hydrogens is 260 g/mol. The highest BCUT2D eigenvalue weighted by Crippen LogP contribution is 2.18. The van der Waals surface area contributed by atoms with E-state index in [1.54, 1.807) is 0 Å². The molecule has 2 aromatic rings. The summed E-state index contributed by atoms with van der Waals surface area (Å²) in [6, 6.07) is 8.39. The third-order valence-corrected chi connectivity index (χ3v) is 5.54. The Bertz CT molecular complexity index is 676. The lowest BCUT2D eigenvalue weighted by atomic mass is 10.1. The number of benzene rings is 1. The molecule has 102 valence electrons. The Morgan fingerprint density at radius 2 is 2.21 bits per heavy atom. The van der Waals surface area contributed by atoms with Crippen LogP contribution in [-0.2, 0) is 16.4 Å². The van der Waals surface area contributed by atoms with Crippen molar-refractivity contribution in [3.63, 3.8) is 0 Å². The summed E-state index contributed by atoms with van der Waals surface area (Å²) >= 11 is 0. The zero-order valence-electron chi connectivity index (χ0n) is 10.7. The van der Waals surface area contributed by atoms with Crippen LogP contribution in [0.4, 0.5) is 0 Å². The zero-order chi connectivity index (χ0) is 13.3. The Labute approximate surface area is 113 Å². The molecule has 0 radical (unpaired) electrons. The van der Waals surface area contributed by atoms with E-state index in [-0.39, 0.29) is 5.92 Å². The summed E-state index contributed by atoms with van der Waals surface area (Å²) in [5.41, 5.74) is 2.37. The van der Waals surface area contributed by atoms with Gasteiger partial charge in [-0.25, -0.2) is 8.42 Å². The smallest absolute Gasteiger partial charge is 0.150 e. The number of nitrogens with one attached hydrogen (secondary N) is 2. The molecule has 1 aliphatic rings. The highest BCUT2D eigenvalue weighted by Gasteiger charge is 2.27. The summed E-state index contributed by atoms with van der Waals surface area (Å²) in [7, 11) is -2.76. The predicted molar refractivity (Wildman–Crippen MR) is 76.8 cm³/mol. The number of fused-ring (bicyclic) bond motifs is 1. The van der Waals surface area contributed by atoms with Crippen molar-refractivity contribution < 1.29 is 8.42 Å². The van der Waals surface area contributed by atoms with Crippen LogP contribution in [0.15, 0.2) is 30.5 Å². The second-order valence-electron chi connectivity index (χ2n) is 5.30. The van der Waals surface area contributed by atoms with Crippen LogP contribution in [0.25, 0.3) is 10.9 Å². The largest absolute Gasteiger partial charge is 0.361 e. The van der Waals surface area contributed by atoms with Gasteiger partial charge >= 0.3 is 0 Å². The molecule has 1 saturated heterocycles. The van der Waals surface area contributed by atoms with Gasteiger partial charge in [-0.1, -0.05) is 6.07 Å². The Balaban J connectivity index is 1.55. The van der Waals surface area contributed by atoms with E-state index in [1.165, 1.54) is 10.9 Å².